The van der Waals surface area contributed by atoms with Gasteiger partial charge < -0.3 is 14.2 Å². The molecule has 248 valence electrons. The van der Waals surface area contributed by atoms with Gasteiger partial charge in [0, 0.05) is 23.6 Å². The van der Waals surface area contributed by atoms with E-state index in [1.54, 1.807) is 44.2 Å². The third-order valence-corrected chi connectivity index (χ3v) is 11.4. The first-order valence-corrected chi connectivity index (χ1v) is 19.9. The van der Waals surface area contributed by atoms with Gasteiger partial charge in [0.1, 0.15) is 5.75 Å². The molecule has 6 nitrogen and oxygen atoms in total. The summed E-state index contributed by atoms with van der Waals surface area (Å²) in [5, 5.41) is 0.597. The average molecular weight is 664 g/mol. The molecule has 0 saturated heterocycles. The zero-order chi connectivity index (χ0) is 33.7. The SMILES string of the molecule is CC[Si](C)(C)CN(COCCCOC(=O)C(C)(C)Oc1c(C)cc(C/C=C/C(=O)c2ccc(Cl)cc2)cc1C)Cc1ccccc1. The van der Waals surface area contributed by atoms with Gasteiger partial charge in [-0.3, -0.25) is 9.69 Å². The summed E-state index contributed by atoms with van der Waals surface area (Å²) in [6.45, 7) is 16.7. The fourth-order valence-electron chi connectivity index (χ4n) is 5.03. The zero-order valence-electron chi connectivity index (χ0n) is 28.5. The molecule has 8 heteroatoms. The van der Waals surface area contributed by atoms with Crippen LogP contribution in [0.5, 0.6) is 5.75 Å². The maximum Gasteiger partial charge on any atom is 0.349 e. The van der Waals surface area contributed by atoms with E-state index in [1.165, 1.54) is 11.6 Å². The van der Waals surface area contributed by atoms with E-state index in [4.69, 9.17) is 25.8 Å². The van der Waals surface area contributed by atoms with Gasteiger partial charge in [-0.2, -0.15) is 0 Å². The molecule has 0 atom stereocenters. The lowest BCUT2D eigenvalue weighted by Crippen LogP contribution is -2.42. The van der Waals surface area contributed by atoms with E-state index in [0.717, 1.165) is 29.4 Å². The molecule has 0 saturated carbocycles. The van der Waals surface area contributed by atoms with Crippen molar-refractivity contribution >= 4 is 31.4 Å². The molecular formula is C38H50ClNO5Si. The fraction of sp³-hybridized carbons (Fsp3) is 0.421. The molecule has 0 aliphatic heterocycles. The van der Waals surface area contributed by atoms with Crippen LogP contribution in [0.25, 0.3) is 0 Å². The van der Waals surface area contributed by atoms with E-state index in [2.05, 4.69) is 49.2 Å². The Hall–Kier alpha value is -3.23. The van der Waals surface area contributed by atoms with Gasteiger partial charge in [-0.1, -0.05) is 86.2 Å². The Kier molecular flexibility index (Phi) is 14.3. The molecule has 3 rings (SSSR count). The number of halogens is 1. The monoisotopic (exact) mass is 663 g/mol. The van der Waals surface area contributed by atoms with Crippen molar-refractivity contribution in [2.45, 2.75) is 78.7 Å². The number of rotatable bonds is 18. The maximum atomic E-state index is 13.0. The Labute approximate surface area is 281 Å². The Morgan fingerprint density at radius 3 is 2.22 bits per heavy atom. The third kappa shape index (κ3) is 12.2. The Bertz CT molecular complexity index is 1430. The van der Waals surface area contributed by atoms with E-state index in [1.807, 2.05) is 38.1 Å². The van der Waals surface area contributed by atoms with Crippen molar-refractivity contribution in [2.75, 3.05) is 26.1 Å². The molecule has 3 aromatic rings. The third-order valence-electron chi connectivity index (χ3n) is 7.92. The number of allylic oxidation sites excluding steroid dienone is 2. The molecule has 0 aliphatic rings. The van der Waals surface area contributed by atoms with E-state index < -0.39 is 19.6 Å². The molecule has 0 bridgehead atoms. The summed E-state index contributed by atoms with van der Waals surface area (Å²) in [6, 6.07) is 22.6. The normalized spacial score (nSPS) is 12.1. The van der Waals surface area contributed by atoms with Crippen LogP contribution < -0.4 is 4.74 Å². The molecule has 46 heavy (non-hydrogen) atoms. The number of aryl methyl sites for hydroxylation is 2. The van der Waals surface area contributed by atoms with Crippen LogP contribution in [0.15, 0.2) is 78.9 Å². The smallest absolute Gasteiger partial charge is 0.349 e. The lowest BCUT2D eigenvalue weighted by molar-refractivity contribution is -0.159. The van der Waals surface area contributed by atoms with Crippen LogP contribution in [0.1, 0.15) is 59.8 Å². The van der Waals surface area contributed by atoms with Crippen LogP contribution in [0.3, 0.4) is 0 Å². The quantitative estimate of drug-likeness (QED) is 0.0339. The molecule has 0 amide bonds. The molecule has 0 unspecified atom stereocenters. The van der Waals surface area contributed by atoms with Crippen molar-refractivity contribution in [3.8, 4) is 5.75 Å². The first kappa shape index (κ1) is 37.2. The summed E-state index contributed by atoms with van der Waals surface area (Å²) in [5.74, 6) is 0.173. The predicted octanol–water partition coefficient (Wildman–Crippen LogP) is 8.77. The number of carbonyl (C=O) groups is 2. The van der Waals surface area contributed by atoms with Gasteiger partial charge >= 0.3 is 5.97 Å². The number of esters is 1. The van der Waals surface area contributed by atoms with Crippen molar-refractivity contribution in [1.29, 1.82) is 0 Å². The first-order valence-electron chi connectivity index (χ1n) is 16.1. The number of benzene rings is 3. The summed E-state index contributed by atoms with van der Waals surface area (Å²) >= 11 is 5.92. The molecule has 0 aliphatic carbocycles. The minimum absolute atomic E-state index is 0.0700. The number of carbonyl (C=O) groups excluding carboxylic acids is 2. The van der Waals surface area contributed by atoms with Crippen LogP contribution in [0.4, 0.5) is 0 Å². The molecule has 0 aromatic heterocycles. The van der Waals surface area contributed by atoms with E-state index in [-0.39, 0.29) is 12.4 Å². The summed E-state index contributed by atoms with van der Waals surface area (Å²) in [7, 11) is -1.33. The van der Waals surface area contributed by atoms with Crippen LogP contribution in [-0.2, 0) is 27.2 Å². The highest BCUT2D eigenvalue weighted by atomic mass is 35.5. The first-order chi connectivity index (χ1) is 21.8. The van der Waals surface area contributed by atoms with Crippen LogP contribution in [0, 0.1) is 13.8 Å². The summed E-state index contributed by atoms with van der Waals surface area (Å²) < 4.78 is 17.9. The van der Waals surface area contributed by atoms with Crippen LogP contribution in [0.2, 0.25) is 24.2 Å². The van der Waals surface area contributed by atoms with Gasteiger partial charge in [0.15, 0.2) is 11.4 Å². The summed E-state index contributed by atoms with van der Waals surface area (Å²) in [5.41, 5.74) is 3.59. The molecule has 3 aromatic carbocycles. The second-order valence-corrected chi connectivity index (χ2v) is 19.0. The topological polar surface area (TPSA) is 65.1 Å². The highest BCUT2D eigenvalue weighted by Gasteiger charge is 2.33. The van der Waals surface area contributed by atoms with Crippen molar-refractivity contribution in [3.63, 3.8) is 0 Å². The number of nitrogens with zero attached hydrogens (tertiary/aromatic N) is 1. The van der Waals surface area contributed by atoms with Gasteiger partial charge in [-0.15, -0.1) is 0 Å². The van der Waals surface area contributed by atoms with Crippen molar-refractivity contribution < 1.29 is 23.8 Å². The minimum atomic E-state index is -1.33. The summed E-state index contributed by atoms with van der Waals surface area (Å²) in [6.07, 6.45) is 5.70. The zero-order valence-corrected chi connectivity index (χ0v) is 30.3. The van der Waals surface area contributed by atoms with Gasteiger partial charge in [-0.25, -0.2) is 4.79 Å². The second kappa shape index (κ2) is 17.6. The molecule has 0 radical (unpaired) electrons. The Morgan fingerprint density at radius 2 is 1.59 bits per heavy atom. The van der Waals surface area contributed by atoms with Gasteiger partial charge in [-0.05, 0) is 92.9 Å². The summed E-state index contributed by atoms with van der Waals surface area (Å²) in [4.78, 5) is 27.8. The molecule has 0 fully saturated rings. The second-order valence-electron chi connectivity index (χ2n) is 13.2. The number of ketones is 1. The molecular weight excluding hydrogens is 614 g/mol. The van der Waals surface area contributed by atoms with Gasteiger partial charge in [0.25, 0.3) is 0 Å². The Morgan fingerprint density at radius 1 is 0.935 bits per heavy atom. The van der Waals surface area contributed by atoms with E-state index in [0.29, 0.717) is 42.5 Å². The van der Waals surface area contributed by atoms with Crippen molar-refractivity contribution in [2.24, 2.45) is 0 Å². The minimum Gasteiger partial charge on any atom is -0.476 e. The number of ether oxygens (including phenoxy) is 3. The molecule has 0 N–H and O–H groups in total. The van der Waals surface area contributed by atoms with Gasteiger partial charge in [0.05, 0.1) is 28.0 Å². The molecule has 0 spiro atoms. The molecule has 0 heterocycles. The number of hydrogen-bond donors (Lipinski definition) is 0. The lowest BCUT2D eigenvalue weighted by atomic mass is 10.0. The fourth-order valence-corrected chi connectivity index (χ4v) is 6.79. The number of hydrogen-bond acceptors (Lipinski definition) is 6. The van der Waals surface area contributed by atoms with Crippen LogP contribution >= 0.6 is 11.6 Å². The highest BCUT2D eigenvalue weighted by Crippen LogP contribution is 2.29. The predicted molar refractivity (Wildman–Crippen MR) is 190 cm³/mol. The standard InChI is InChI=1S/C38H50ClNO5Si/c1-8-46(6,7)28-40(26-31-14-10-9-11-15-31)27-43-22-13-23-44-37(42)38(4,5)45-36-29(2)24-32(25-30(36)3)16-12-17-35(41)33-18-20-34(39)21-19-33/h9-12,14-15,17-21,24-25H,8,13,16,22-23,26-28H2,1-7H3/b17-12+. The highest BCUT2D eigenvalue weighted by molar-refractivity contribution is 6.77. The van der Waals surface area contributed by atoms with Crippen LogP contribution in [-0.4, -0.2) is 56.4 Å². The van der Waals surface area contributed by atoms with Crippen molar-refractivity contribution in [3.05, 3.63) is 112 Å². The Balaban J connectivity index is 1.46. The average Bonchev–Trinajstić information content (AvgIpc) is 3.01. The van der Waals surface area contributed by atoms with E-state index >= 15 is 0 Å². The largest absolute Gasteiger partial charge is 0.476 e. The maximum absolute atomic E-state index is 13.0. The van der Waals surface area contributed by atoms with Crippen molar-refractivity contribution in [1.82, 2.24) is 4.90 Å². The lowest BCUT2D eigenvalue weighted by Gasteiger charge is -2.30. The van der Waals surface area contributed by atoms with E-state index in [9.17, 15) is 9.59 Å². The van der Waals surface area contributed by atoms with Gasteiger partial charge in [0.2, 0.25) is 0 Å².